The fourth-order valence-electron chi connectivity index (χ4n) is 3.32. The van der Waals surface area contributed by atoms with Crippen LogP contribution in [0.25, 0.3) is 21.7 Å². The molecule has 0 aliphatic heterocycles. The number of fused-ring (bicyclic) bond motifs is 5. The molecule has 0 unspecified atom stereocenters. The molecule has 108 valence electrons. The van der Waals surface area contributed by atoms with Gasteiger partial charge in [-0.2, -0.15) is 0 Å². The first-order valence-electron chi connectivity index (χ1n) is 7.29. The molecule has 1 aromatic carbocycles. The van der Waals surface area contributed by atoms with Crippen LogP contribution in [0, 0.1) is 0 Å². The molecule has 0 bridgehead atoms. The summed E-state index contributed by atoms with van der Waals surface area (Å²) in [5.41, 5.74) is 2.07. The first-order valence-corrected chi connectivity index (χ1v) is 8.10. The Labute approximate surface area is 129 Å². The highest BCUT2D eigenvalue weighted by atomic mass is 32.1. The van der Waals surface area contributed by atoms with Crippen LogP contribution in [0.4, 0.5) is 0 Å². The second kappa shape index (κ2) is 4.27. The van der Waals surface area contributed by atoms with Crippen molar-refractivity contribution >= 4 is 27.3 Å². The molecule has 0 saturated heterocycles. The number of rotatable bonds is 1. The van der Waals surface area contributed by atoms with Crippen molar-refractivity contribution in [2.75, 3.05) is 0 Å². The van der Waals surface area contributed by atoms with Crippen LogP contribution >= 0.6 is 11.3 Å². The van der Waals surface area contributed by atoms with Crippen molar-refractivity contribution in [3.05, 3.63) is 57.5 Å². The smallest absolute Gasteiger partial charge is 0.268 e. The van der Waals surface area contributed by atoms with Crippen molar-refractivity contribution in [2.45, 2.75) is 19.3 Å². The van der Waals surface area contributed by atoms with Crippen LogP contribution < -0.4 is 5.56 Å². The number of para-hydroxylation sites is 1. The van der Waals surface area contributed by atoms with Gasteiger partial charge in [-0.3, -0.25) is 9.20 Å². The second-order valence-electron chi connectivity index (χ2n) is 5.51. The molecule has 5 rings (SSSR count). The lowest BCUT2D eigenvalue weighted by Gasteiger charge is -2.08. The van der Waals surface area contributed by atoms with Crippen LogP contribution in [0.2, 0.25) is 0 Å². The minimum Gasteiger partial charge on any atom is -0.268 e. The summed E-state index contributed by atoms with van der Waals surface area (Å²) in [4.78, 5) is 15.5. The summed E-state index contributed by atoms with van der Waals surface area (Å²) in [7, 11) is 0. The number of hydrogen-bond donors (Lipinski definition) is 0. The molecule has 0 fully saturated rings. The molecule has 0 amide bonds. The Bertz CT molecular complexity index is 1070. The number of hydrogen-bond acceptors (Lipinski definition) is 4. The summed E-state index contributed by atoms with van der Waals surface area (Å²) in [5, 5.41) is 9.03. The van der Waals surface area contributed by atoms with Gasteiger partial charge in [0.2, 0.25) is 5.78 Å². The maximum atomic E-state index is 13.2. The van der Waals surface area contributed by atoms with E-state index < -0.39 is 0 Å². The third-order valence-electron chi connectivity index (χ3n) is 4.28. The second-order valence-corrected chi connectivity index (χ2v) is 6.60. The standard InChI is InChI=1S/C16H12N4OS/c21-14-13-11-7-4-8-12(11)22-15(13)19-9-17-18-16(19)20(14)10-5-2-1-3-6-10/h1-3,5-6,9H,4,7-8H2. The highest BCUT2D eigenvalue weighted by molar-refractivity contribution is 7.19. The van der Waals surface area contributed by atoms with Crippen LogP contribution in [0.1, 0.15) is 16.9 Å². The Morgan fingerprint density at radius 1 is 1.14 bits per heavy atom. The molecule has 0 spiro atoms. The Morgan fingerprint density at radius 2 is 2.00 bits per heavy atom. The zero-order valence-corrected chi connectivity index (χ0v) is 12.5. The molecule has 1 aliphatic carbocycles. The van der Waals surface area contributed by atoms with Gasteiger partial charge in [0, 0.05) is 4.88 Å². The maximum Gasteiger partial charge on any atom is 0.268 e. The number of aromatic nitrogens is 4. The van der Waals surface area contributed by atoms with Crippen LogP contribution in [-0.2, 0) is 12.8 Å². The molecule has 0 radical (unpaired) electrons. The van der Waals surface area contributed by atoms with Gasteiger partial charge in [-0.25, -0.2) is 4.57 Å². The lowest BCUT2D eigenvalue weighted by Crippen LogP contribution is -2.21. The largest absolute Gasteiger partial charge is 0.268 e. The first kappa shape index (κ1) is 12.1. The number of nitrogens with zero attached hydrogens (tertiary/aromatic N) is 4. The molecular weight excluding hydrogens is 296 g/mol. The molecule has 5 nitrogen and oxygen atoms in total. The highest BCUT2D eigenvalue weighted by Gasteiger charge is 2.24. The quantitative estimate of drug-likeness (QED) is 0.543. The summed E-state index contributed by atoms with van der Waals surface area (Å²) in [6.45, 7) is 0. The van der Waals surface area contributed by atoms with E-state index in [-0.39, 0.29) is 5.56 Å². The van der Waals surface area contributed by atoms with Gasteiger partial charge in [0.25, 0.3) is 5.56 Å². The molecular formula is C16H12N4OS. The van der Waals surface area contributed by atoms with E-state index in [2.05, 4.69) is 10.2 Å². The summed E-state index contributed by atoms with van der Waals surface area (Å²) < 4.78 is 3.60. The Morgan fingerprint density at radius 3 is 2.86 bits per heavy atom. The van der Waals surface area contributed by atoms with E-state index in [1.807, 2.05) is 34.7 Å². The normalized spacial score (nSPS) is 14.0. The van der Waals surface area contributed by atoms with Gasteiger partial charge in [-0.05, 0) is 37.0 Å². The van der Waals surface area contributed by atoms with Crippen LogP contribution in [-0.4, -0.2) is 19.2 Å². The van der Waals surface area contributed by atoms with Gasteiger partial charge < -0.3 is 0 Å². The molecule has 22 heavy (non-hydrogen) atoms. The van der Waals surface area contributed by atoms with Crippen LogP contribution in [0.15, 0.2) is 41.5 Å². The van der Waals surface area contributed by atoms with E-state index in [1.54, 1.807) is 22.2 Å². The Hall–Kier alpha value is -2.47. The number of benzene rings is 1. The molecule has 3 heterocycles. The van der Waals surface area contributed by atoms with E-state index in [0.717, 1.165) is 35.2 Å². The van der Waals surface area contributed by atoms with Crippen molar-refractivity contribution in [1.82, 2.24) is 19.2 Å². The summed E-state index contributed by atoms with van der Waals surface area (Å²) in [6.07, 6.45) is 4.90. The van der Waals surface area contributed by atoms with Crippen molar-refractivity contribution in [2.24, 2.45) is 0 Å². The molecule has 3 aromatic heterocycles. The van der Waals surface area contributed by atoms with E-state index in [4.69, 9.17) is 0 Å². The SMILES string of the molecule is O=c1c2c3c(sc2n2cnnc2n1-c1ccccc1)CCC3. The van der Waals surface area contributed by atoms with Gasteiger partial charge in [-0.1, -0.05) is 18.2 Å². The summed E-state index contributed by atoms with van der Waals surface area (Å²) >= 11 is 1.71. The van der Waals surface area contributed by atoms with Gasteiger partial charge in [-0.15, -0.1) is 21.5 Å². The maximum absolute atomic E-state index is 13.2. The third-order valence-corrected chi connectivity index (χ3v) is 5.57. The zero-order chi connectivity index (χ0) is 14.7. The molecule has 6 heteroatoms. The monoisotopic (exact) mass is 308 g/mol. The average molecular weight is 308 g/mol. The van der Waals surface area contributed by atoms with E-state index in [1.165, 1.54) is 10.4 Å². The van der Waals surface area contributed by atoms with Gasteiger partial charge in [0.15, 0.2) is 0 Å². The summed E-state index contributed by atoms with van der Waals surface area (Å²) in [6, 6.07) is 9.65. The molecule has 4 aromatic rings. The predicted molar refractivity (Wildman–Crippen MR) is 86.0 cm³/mol. The molecule has 0 saturated carbocycles. The van der Waals surface area contributed by atoms with Gasteiger partial charge >= 0.3 is 0 Å². The van der Waals surface area contributed by atoms with Crippen molar-refractivity contribution in [1.29, 1.82) is 0 Å². The zero-order valence-electron chi connectivity index (χ0n) is 11.7. The first-order chi connectivity index (χ1) is 10.8. The van der Waals surface area contributed by atoms with Crippen molar-refractivity contribution < 1.29 is 0 Å². The molecule has 0 atom stereocenters. The minimum atomic E-state index is 0.0149. The number of aryl methyl sites for hydroxylation is 2. The topological polar surface area (TPSA) is 52.2 Å². The predicted octanol–water partition coefficient (Wildman–Crippen LogP) is 2.58. The van der Waals surface area contributed by atoms with Crippen LogP contribution in [0.3, 0.4) is 0 Å². The summed E-state index contributed by atoms with van der Waals surface area (Å²) in [5.74, 6) is 0.573. The lowest BCUT2D eigenvalue weighted by molar-refractivity contribution is 0.913. The average Bonchev–Trinajstić information content (AvgIpc) is 3.22. The van der Waals surface area contributed by atoms with E-state index >= 15 is 0 Å². The lowest BCUT2D eigenvalue weighted by atomic mass is 10.2. The third kappa shape index (κ3) is 1.45. The van der Waals surface area contributed by atoms with Gasteiger partial charge in [0.1, 0.15) is 11.2 Å². The Balaban J connectivity index is 2.02. The van der Waals surface area contributed by atoms with Gasteiger partial charge in [0.05, 0.1) is 11.1 Å². The Kier molecular flexibility index (Phi) is 2.35. The number of thiophene rings is 1. The minimum absolute atomic E-state index is 0.0149. The fourth-order valence-corrected chi connectivity index (χ4v) is 4.66. The molecule has 1 aliphatic rings. The van der Waals surface area contributed by atoms with Crippen molar-refractivity contribution in [3.63, 3.8) is 0 Å². The van der Waals surface area contributed by atoms with E-state index in [9.17, 15) is 4.79 Å². The van der Waals surface area contributed by atoms with E-state index in [0.29, 0.717) is 5.78 Å². The van der Waals surface area contributed by atoms with Crippen molar-refractivity contribution in [3.8, 4) is 5.69 Å². The molecule has 0 N–H and O–H groups in total. The highest BCUT2D eigenvalue weighted by Crippen LogP contribution is 2.36. The van der Waals surface area contributed by atoms with Crippen LogP contribution in [0.5, 0.6) is 0 Å². The fraction of sp³-hybridized carbons (Fsp3) is 0.188.